The van der Waals surface area contributed by atoms with Crippen LogP contribution in [0.25, 0.3) is 0 Å². The highest BCUT2D eigenvalue weighted by molar-refractivity contribution is 7.11. The van der Waals surface area contributed by atoms with E-state index in [9.17, 15) is 13.2 Å². The second-order valence-electron chi connectivity index (χ2n) is 6.29. The van der Waals surface area contributed by atoms with Gasteiger partial charge in [-0.1, -0.05) is 6.07 Å². The minimum absolute atomic E-state index is 0.602. The van der Waals surface area contributed by atoms with Crippen molar-refractivity contribution in [2.24, 2.45) is 4.99 Å². The first-order valence-electron chi connectivity index (χ1n) is 8.66. The Balaban J connectivity index is 1.57. The summed E-state index contributed by atoms with van der Waals surface area (Å²) in [4.78, 5) is 13.9. The van der Waals surface area contributed by atoms with Gasteiger partial charge in [-0.25, -0.2) is 4.98 Å². The van der Waals surface area contributed by atoms with Crippen molar-refractivity contribution in [2.75, 3.05) is 38.1 Å². The fraction of sp³-hybridized carbons (Fsp3) is 0.444. The van der Waals surface area contributed by atoms with Gasteiger partial charge in [0.2, 0.25) is 0 Å². The molecule has 1 aromatic carbocycles. The zero-order valence-electron chi connectivity index (χ0n) is 15.3. The van der Waals surface area contributed by atoms with Crippen molar-refractivity contribution in [3.8, 4) is 0 Å². The van der Waals surface area contributed by atoms with Gasteiger partial charge in [0.05, 0.1) is 12.1 Å². The molecule has 2 heterocycles. The molecule has 0 saturated carbocycles. The quantitative estimate of drug-likeness (QED) is 0.637. The molecular formula is C18H22F3N5S. The normalized spacial score (nSPS) is 16.0. The number of hydrogen-bond acceptors (Lipinski definition) is 4. The van der Waals surface area contributed by atoms with Crippen LogP contribution in [0.5, 0.6) is 0 Å². The highest BCUT2D eigenvalue weighted by Gasteiger charge is 2.31. The summed E-state index contributed by atoms with van der Waals surface area (Å²) in [6.45, 7) is 5.28. The molecular weight excluding hydrogens is 375 g/mol. The standard InChI is InChI=1S/C18H22F3N5S/c1-13-11-23-16(27-13)12-24-17(22-2)26-8-6-25(7-9-26)15-5-3-4-14(10-15)18(19,20)21/h3-5,10-11H,6-9,12H2,1-2H3,(H,22,24). The fourth-order valence-corrected chi connectivity index (χ4v) is 3.75. The highest BCUT2D eigenvalue weighted by atomic mass is 32.1. The van der Waals surface area contributed by atoms with Crippen molar-refractivity contribution in [1.29, 1.82) is 0 Å². The van der Waals surface area contributed by atoms with Crippen molar-refractivity contribution < 1.29 is 13.2 Å². The van der Waals surface area contributed by atoms with Gasteiger partial charge in [0.1, 0.15) is 5.01 Å². The number of thiazole rings is 1. The van der Waals surface area contributed by atoms with E-state index in [4.69, 9.17) is 0 Å². The van der Waals surface area contributed by atoms with Gasteiger partial charge < -0.3 is 15.1 Å². The third-order valence-electron chi connectivity index (χ3n) is 4.40. The average molecular weight is 397 g/mol. The van der Waals surface area contributed by atoms with E-state index in [1.807, 2.05) is 18.0 Å². The molecule has 0 spiro atoms. The number of guanidine groups is 1. The van der Waals surface area contributed by atoms with Crippen LogP contribution in [-0.2, 0) is 12.7 Å². The van der Waals surface area contributed by atoms with Crippen LogP contribution in [0.4, 0.5) is 18.9 Å². The highest BCUT2D eigenvalue weighted by Crippen LogP contribution is 2.31. The van der Waals surface area contributed by atoms with Crippen molar-refractivity contribution >= 4 is 23.0 Å². The summed E-state index contributed by atoms with van der Waals surface area (Å²) in [5, 5.41) is 4.31. The lowest BCUT2D eigenvalue weighted by Crippen LogP contribution is -2.52. The van der Waals surface area contributed by atoms with Crippen LogP contribution in [0, 0.1) is 6.92 Å². The lowest BCUT2D eigenvalue weighted by molar-refractivity contribution is -0.137. The third-order valence-corrected chi connectivity index (χ3v) is 5.31. The molecule has 2 aromatic rings. The minimum atomic E-state index is -4.32. The van der Waals surface area contributed by atoms with Gasteiger partial charge in [0.15, 0.2) is 5.96 Å². The van der Waals surface area contributed by atoms with E-state index in [0.29, 0.717) is 38.4 Å². The average Bonchev–Trinajstić information content (AvgIpc) is 3.07. The maximum absolute atomic E-state index is 12.9. The molecule has 146 valence electrons. The van der Waals surface area contributed by atoms with E-state index in [2.05, 4.69) is 20.2 Å². The molecule has 1 saturated heterocycles. The van der Waals surface area contributed by atoms with Crippen molar-refractivity contribution in [3.63, 3.8) is 0 Å². The number of anilines is 1. The third kappa shape index (κ3) is 4.91. The molecule has 3 rings (SSSR count). The number of aryl methyl sites for hydroxylation is 1. The number of nitrogens with zero attached hydrogens (tertiary/aromatic N) is 4. The maximum atomic E-state index is 12.9. The predicted octanol–water partition coefficient (Wildman–Crippen LogP) is 3.37. The number of hydrogen-bond donors (Lipinski definition) is 1. The first kappa shape index (κ1) is 19.5. The van der Waals surface area contributed by atoms with E-state index in [0.717, 1.165) is 21.9 Å². The topological polar surface area (TPSA) is 43.8 Å². The summed E-state index contributed by atoms with van der Waals surface area (Å²) in [5.74, 6) is 0.784. The van der Waals surface area contributed by atoms with Crippen LogP contribution in [-0.4, -0.2) is 49.1 Å². The molecule has 1 N–H and O–H groups in total. The van der Waals surface area contributed by atoms with Crippen LogP contribution >= 0.6 is 11.3 Å². The summed E-state index contributed by atoms with van der Waals surface area (Å²) in [6, 6.07) is 5.50. The van der Waals surface area contributed by atoms with Crippen molar-refractivity contribution in [2.45, 2.75) is 19.6 Å². The summed E-state index contributed by atoms with van der Waals surface area (Å²) in [5.41, 5.74) is -0.00988. The molecule has 0 atom stereocenters. The largest absolute Gasteiger partial charge is 0.416 e. The van der Waals surface area contributed by atoms with E-state index < -0.39 is 11.7 Å². The molecule has 27 heavy (non-hydrogen) atoms. The van der Waals surface area contributed by atoms with Gasteiger partial charge in [-0.2, -0.15) is 13.2 Å². The lowest BCUT2D eigenvalue weighted by Gasteiger charge is -2.37. The van der Waals surface area contributed by atoms with E-state index in [1.165, 1.54) is 12.1 Å². The molecule has 0 unspecified atom stereocenters. The second-order valence-corrected chi connectivity index (χ2v) is 7.61. The van der Waals surface area contributed by atoms with Crippen LogP contribution < -0.4 is 10.2 Å². The Bertz CT molecular complexity index is 794. The Morgan fingerprint density at radius 1 is 1.26 bits per heavy atom. The van der Waals surface area contributed by atoms with Crippen molar-refractivity contribution in [1.82, 2.24) is 15.2 Å². The summed E-state index contributed by atoms with van der Waals surface area (Å²) < 4.78 is 38.8. The maximum Gasteiger partial charge on any atom is 0.416 e. The molecule has 0 amide bonds. The second kappa shape index (κ2) is 8.16. The predicted molar refractivity (Wildman–Crippen MR) is 102 cm³/mol. The Kier molecular flexibility index (Phi) is 5.88. The Morgan fingerprint density at radius 3 is 2.59 bits per heavy atom. The van der Waals surface area contributed by atoms with Crippen molar-refractivity contribution in [3.05, 3.63) is 45.9 Å². The zero-order valence-corrected chi connectivity index (χ0v) is 16.1. The molecule has 0 aliphatic carbocycles. The SMILES string of the molecule is CN=C(NCc1ncc(C)s1)N1CCN(c2cccc(C(F)(F)F)c2)CC1. The van der Waals surface area contributed by atoms with Crippen LogP contribution in [0.1, 0.15) is 15.4 Å². The summed E-state index contributed by atoms with van der Waals surface area (Å²) in [7, 11) is 1.73. The molecule has 0 radical (unpaired) electrons. The number of aliphatic imine (C=N–C) groups is 1. The van der Waals surface area contributed by atoms with E-state index in [-0.39, 0.29) is 0 Å². The number of rotatable bonds is 3. The number of alkyl halides is 3. The van der Waals surface area contributed by atoms with Crippen LogP contribution in [0.3, 0.4) is 0 Å². The first-order chi connectivity index (χ1) is 12.9. The number of piperazine rings is 1. The number of aromatic nitrogens is 1. The molecule has 1 aliphatic rings. The molecule has 0 bridgehead atoms. The van der Waals surface area contributed by atoms with Gasteiger partial charge in [-0.05, 0) is 25.1 Å². The smallest absolute Gasteiger partial charge is 0.368 e. The fourth-order valence-electron chi connectivity index (χ4n) is 3.03. The Morgan fingerprint density at radius 2 is 2.00 bits per heavy atom. The molecule has 1 fully saturated rings. The Labute approximate surface area is 160 Å². The monoisotopic (exact) mass is 397 g/mol. The minimum Gasteiger partial charge on any atom is -0.368 e. The number of nitrogens with one attached hydrogen (secondary N) is 1. The number of halogens is 3. The zero-order chi connectivity index (χ0) is 19.4. The molecule has 1 aliphatic heterocycles. The van der Waals surface area contributed by atoms with Gasteiger partial charge in [-0.3, -0.25) is 4.99 Å². The van der Waals surface area contributed by atoms with Crippen LogP contribution in [0.15, 0.2) is 35.5 Å². The molecule has 5 nitrogen and oxygen atoms in total. The summed E-state index contributed by atoms with van der Waals surface area (Å²) >= 11 is 1.64. The van der Waals surface area contributed by atoms with Crippen LogP contribution in [0.2, 0.25) is 0 Å². The number of benzene rings is 1. The van der Waals surface area contributed by atoms with E-state index >= 15 is 0 Å². The van der Waals surface area contributed by atoms with Gasteiger partial charge in [0, 0.05) is 50.0 Å². The molecule has 9 heteroatoms. The Hall–Kier alpha value is -2.29. The van der Waals surface area contributed by atoms with Gasteiger partial charge in [0.25, 0.3) is 0 Å². The summed E-state index contributed by atoms with van der Waals surface area (Å²) in [6.07, 6.45) is -2.48. The van der Waals surface area contributed by atoms with Gasteiger partial charge in [-0.15, -0.1) is 11.3 Å². The lowest BCUT2D eigenvalue weighted by atomic mass is 10.1. The van der Waals surface area contributed by atoms with Gasteiger partial charge >= 0.3 is 6.18 Å². The van der Waals surface area contributed by atoms with E-state index in [1.54, 1.807) is 24.5 Å². The molecule has 1 aromatic heterocycles. The first-order valence-corrected chi connectivity index (χ1v) is 9.47.